The van der Waals surface area contributed by atoms with Crippen molar-refractivity contribution < 1.29 is 42.1 Å². The molecule has 1 N–H and O–H groups in total. The highest BCUT2D eigenvalue weighted by Gasteiger charge is 2.27. The molecule has 0 rings (SSSR count). The summed E-state index contributed by atoms with van der Waals surface area (Å²) in [6, 6.07) is 0. The maximum Gasteiger partial charge on any atom is 0.472 e. The third kappa shape index (κ3) is 37.2. The Labute approximate surface area is 317 Å². The van der Waals surface area contributed by atoms with Crippen LogP contribution in [0.15, 0.2) is 72.9 Å². The molecule has 0 radical (unpaired) electrons. The van der Waals surface area contributed by atoms with E-state index in [1.54, 1.807) is 0 Å². The molecule has 0 amide bonds. The summed E-state index contributed by atoms with van der Waals surface area (Å²) in [7, 11) is 1.43. The van der Waals surface area contributed by atoms with Crippen molar-refractivity contribution in [2.45, 2.75) is 136 Å². The molecule has 0 aliphatic rings. The molecule has 2 unspecified atom stereocenters. The fourth-order valence-electron chi connectivity index (χ4n) is 4.66. The van der Waals surface area contributed by atoms with Crippen LogP contribution in [0.1, 0.15) is 129 Å². The van der Waals surface area contributed by atoms with Gasteiger partial charge in [-0.2, -0.15) is 0 Å². The highest BCUT2D eigenvalue weighted by Crippen LogP contribution is 2.43. The molecule has 9 nitrogen and oxygen atoms in total. The van der Waals surface area contributed by atoms with Crippen molar-refractivity contribution in [1.29, 1.82) is 0 Å². The Morgan fingerprint density at radius 1 is 0.615 bits per heavy atom. The number of phosphoric ester groups is 1. The highest BCUT2D eigenvalue weighted by molar-refractivity contribution is 7.47. The minimum Gasteiger partial charge on any atom is -0.462 e. The second-order valence-electron chi connectivity index (χ2n) is 13.9. The Bertz CT molecular complexity index is 1120. The average Bonchev–Trinajstić information content (AvgIpc) is 3.09. The number of carbonyl (C=O) groups excluding carboxylic acids is 2. The third-order valence-electron chi connectivity index (χ3n) is 7.75. The molecule has 0 bridgehead atoms. The summed E-state index contributed by atoms with van der Waals surface area (Å²) < 4.78 is 34.0. The van der Waals surface area contributed by atoms with Crippen LogP contribution in [-0.2, 0) is 32.7 Å². The van der Waals surface area contributed by atoms with Gasteiger partial charge in [-0.1, -0.05) is 125 Å². The SMILES string of the molecule is CC/C=C\C/C=C\C/C=C\C/C=C\C/C=C\C/C=C\CCCCC(=O)OC(COC(=O)CCCCCCCCC)COP(=O)(O)OCC[N+](C)(C)C. The first-order valence-corrected chi connectivity index (χ1v) is 21.2. The molecular weight excluding hydrogens is 677 g/mol. The number of allylic oxidation sites excluding steroid dienone is 12. The molecule has 0 fully saturated rings. The molecule has 10 heteroatoms. The van der Waals surface area contributed by atoms with Gasteiger partial charge in [0, 0.05) is 12.8 Å². The van der Waals surface area contributed by atoms with Gasteiger partial charge in [-0.25, -0.2) is 4.57 Å². The number of esters is 2. The third-order valence-corrected chi connectivity index (χ3v) is 8.74. The summed E-state index contributed by atoms with van der Waals surface area (Å²) in [6.07, 6.45) is 41.2. The van der Waals surface area contributed by atoms with Gasteiger partial charge in [0.05, 0.1) is 27.7 Å². The Kier molecular flexibility index (Phi) is 32.6. The van der Waals surface area contributed by atoms with E-state index in [2.05, 4.69) is 86.8 Å². The number of rotatable bonds is 34. The molecule has 0 saturated carbocycles. The van der Waals surface area contributed by atoms with Crippen LogP contribution in [0.2, 0.25) is 0 Å². The lowest BCUT2D eigenvalue weighted by Gasteiger charge is -2.24. The molecule has 0 saturated heterocycles. The van der Waals surface area contributed by atoms with Gasteiger partial charge in [-0.05, 0) is 64.2 Å². The predicted molar refractivity (Wildman–Crippen MR) is 215 cm³/mol. The number of ether oxygens (including phenoxy) is 2. The fraction of sp³-hybridized carbons (Fsp3) is 0.667. The Morgan fingerprint density at radius 2 is 1.10 bits per heavy atom. The molecule has 0 aliphatic heterocycles. The van der Waals surface area contributed by atoms with E-state index >= 15 is 0 Å². The van der Waals surface area contributed by atoms with Crippen molar-refractivity contribution in [3.05, 3.63) is 72.9 Å². The number of nitrogens with zero attached hydrogens (tertiary/aromatic N) is 1. The Hall–Kier alpha value is -2.55. The molecule has 0 aromatic heterocycles. The van der Waals surface area contributed by atoms with Gasteiger partial charge in [0.2, 0.25) is 0 Å². The second-order valence-corrected chi connectivity index (χ2v) is 15.4. The number of hydrogen-bond acceptors (Lipinski definition) is 7. The lowest BCUT2D eigenvalue weighted by molar-refractivity contribution is -0.870. The molecule has 0 aromatic carbocycles. The van der Waals surface area contributed by atoms with Crippen LogP contribution >= 0.6 is 7.82 Å². The van der Waals surface area contributed by atoms with Gasteiger partial charge in [-0.15, -0.1) is 0 Å². The zero-order valence-electron chi connectivity index (χ0n) is 33.3. The Morgan fingerprint density at radius 3 is 1.63 bits per heavy atom. The molecule has 0 aromatic rings. The normalized spacial score (nSPS) is 14.5. The summed E-state index contributed by atoms with van der Waals surface area (Å²) in [5.74, 6) is -0.865. The van der Waals surface area contributed by atoms with E-state index in [1.807, 2.05) is 21.1 Å². The fourth-order valence-corrected chi connectivity index (χ4v) is 5.40. The van der Waals surface area contributed by atoms with Crippen LogP contribution in [-0.4, -0.2) is 74.9 Å². The molecule has 0 spiro atoms. The lowest BCUT2D eigenvalue weighted by Crippen LogP contribution is -2.37. The zero-order valence-corrected chi connectivity index (χ0v) is 34.2. The zero-order chi connectivity index (χ0) is 38.6. The van der Waals surface area contributed by atoms with Gasteiger partial charge < -0.3 is 18.9 Å². The standard InChI is InChI=1S/C42H72NO8P/c1-6-8-10-12-14-15-16-17-18-19-20-21-22-23-24-25-26-27-29-31-33-35-42(45)51-40(39-50-52(46,47)49-37-36-43(3,4)5)38-48-41(44)34-32-30-28-13-11-9-7-2/h8,10,14-15,17-18,20-21,23-24,26-27,40H,6-7,9,11-13,16,19,22,25,28-39H2,1-5H3/p+1/b10-8-,15-14-,18-17-,21-20-,24-23-,27-26-. The molecule has 52 heavy (non-hydrogen) atoms. The summed E-state index contributed by atoms with van der Waals surface area (Å²) in [6.45, 7) is 4.17. The first kappa shape index (κ1) is 49.5. The summed E-state index contributed by atoms with van der Waals surface area (Å²) in [5.41, 5.74) is 0. The summed E-state index contributed by atoms with van der Waals surface area (Å²) in [4.78, 5) is 35.0. The predicted octanol–water partition coefficient (Wildman–Crippen LogP) is 10.7. The van der Waals surface area contributed by atoms with Gasteiger partial charge in [0.1, 0.15) is 19.8 Å². The van der Waals surface area contributed by atoms with Crippen molar-refractivity contribution in [2.24, 2.45) is 0 Å². The number of phosphoric acid groups is 1. The first-order chi connectivity index (χ1) is 25.0. The molecule has 2 atom stereocenters. The number of likely N-dealkylation sites (N-methyl/N-ethyl adjacent to an activating group) is 1. The van der Waals surface area contributed by atoms with E-state index in [0.29, 0.717) is 17.4 Å². The summed E-state index contributed by atoms with van der Waals surface area (Å²) >= 11 is 0. The minimum atomic E-state index is -4.38. The van der Waals surface area contributed by atoms with Gasteiger partial charge in [-0.3, -0.25) is 18.6 Å². The second kappa shape index (κ2) is 34.2. The molecule has 0 heterocycles. The number of carbonyl (C=O) groups is 2. The Balaban J connectivity index is 4.44. The molecular formula is C42H73NO8P+. The smallest absolute Gasteiger partial charge is 0.462 e. The summed E-state index contributed by atoms with van der Waals surface area (Å²) in [5, 5.41) is 0. The van der Waals surface area contributed by atoms with Crippen LogP contribution in [0.25, 0.3) is 0 Å². The topological polar surface area (TPSA) is 108 Å². The maximum atomic E-state index is 12.6. The van der Waals surface area contributed by atoms with Crippen LogP contribution in [0.5, 0.6) is 0 Å². The van der Waals surface area contributed by atoms with Crippen molar-refractivity contribution >= 4 is 19.8 Å². The monoisotopic (exact) mass is 751 g/mol. The van der Waals surface area contributed by atoms with Gasteiger partial charge in [0.25, 0.3) is 0 Å². The molecule has 0 aliphatic carbocycles. The van der Waals surface area contributed by atoms with Crippen molar-refractivity contribution in [1.82, 2.24) is 0 Å². The quantitative estimate of drug-likeness (QED) is 0.0228. The van der Waals surface area contributed by atoms with Gasteiger partial charge in [0.15, 0.2) is 6.10 Å². The first-order valence-electron chi connectivity index (χ1n) is 19.7. The van der Waals surface area contributed by atoms with E-state index in [9.17, 15) is 19.0 Å². The van der Waals surface area contributed by atoms with E-state index in [-0.39, 0.29) is 26.1 Å². The largest absolute Gasteiger partial charge is 0.472 e. The van der Waals surface area contributed by atoms with E-state index < -0.39 is 32.5 Å². The van der Waals surface area contributed by atoms with Gasteiger partial charge >= 0.3 is 19.8 Å². The van der Waals surface area contributed by atoms with Crippen LogP contribution in [0.4, 0.5) is 0 Å². The average molecular weight is 751 g/mol. The lowest BCUT2D eigenvalue weighted by atomic mass is 10.1. The number of unbranched alkanes of at least 4 members (excludes halogenated alkanes) is 8. The number of quaternary nitrogens is 1. The van der Waals surface area contributed by atoms with Crippen LogP contribution in [0, 0.1) is 0 Å². The van der Waals surface area contributed by atoms with Crippen LogP contribution < -0.4 is 0 Å². The highest BCUT2D eigenvalue weighted by atomic mass is 31.2. The van der Waals surface area contributed by atoms with E-state index in [1.165, 1.54) is 19.3 Å². The maximum absolute atomic E-state index is 12.6. The van der Waals surface area contributed by atoms with E-state index in [0.717, 1.165) is 77.0 Å². The van der Waals surface area contributed by atoms with Crippen molar-refractivity contribution in [3.8, 4) is 0 Å². The van der Waals surface area contributed by atoms with E-state index in [4.69, 9.17) is 18.5 Å². The van der Waals surface area contributed by atoms with Crippen LogP contribution in [0.3, 0.4) is 0 Å². The van der Waals surface area contributed by atoms with Crippen molar-refractivity contribution in [3.63, 3.8) is 0 Å². The number of hydrogen-bond donors (Lipinski definition) is 1. The minimum absolute atomic E-state index is 0.0198. The molecule has 298 valence electrons. The van der Waals surface area contributed by atoms with Crippen molar-refractivity contribution in [2.75, 3.05) is 47.5 Å².